The molecule has 90 valence electrons. The standard InChI is InChI=1S/C12H21N3O/c1-5-16-9(3)11(14-4)10-8(2)6-7-15-12(10)13/h6-7,9,11,14H,5H2,1-4H3,(H2,13,15). The van der Waals surface area contributed by atoms with Gasteiger partial charge in [0.2, 0.25) is 0 Å². The summed E-state index contributed by atoms with van der Waals surface area (Å²) in [6.07, 6.45) is 1.80. The molecule has 0 radical (unpaired) electrons. The molecule has 1 aromatic heterocycles. The highest BCUT2D eigenvalue weighted by atomic mass is 16.5. The van der Waals surface area contributed by atoms with Crippen LogP contribution in [0.3, 0.4) is 0 Å². The van der Waals surface area contributed by atoms with E-state index >= 15 is 0 Å². The van der Waals surface area contributed by atoms with E-state index in [9.17, 15) is 0 Å². The molecule has 4 nitrogen and oxygen atoms in total. The fourth-order valence-corrected chi connectivity index (χ4v) is 1.97. The van der Waals surface area contributed by atoms with E-state index in [1.54, 1.807) is 6.20 Å². The SMILES string of the molecule is CCOC(C)C(NC)c1c(C)ccnc1N. The molecular weight excluding hydrogens is 202 g/mol. The number of pyridine rings is 1. The molecular formula is C12H21N3O. The number of nitrogens with one attached hydrogen (secondary N) is 1. The van der Waals surface area contributed by atoms with Gasteiger partial charge in [-0.1, -0.05) is 0 Å². The van der Waals surface area contributed by atoms with Crippen molar-refractivity contribution in [1.29, 1.82) is 0 Å². The second-order valence-electron chi connectivity index (χ2n) is 3.85. The van der Waals surface area contributed by atoms with Crippen molar-refractivity contribution in [3.05, 3.63) is 23.4 Å². The normalized spacial score (nSPS) is 14.8. The summed E-state index contributed by atoms with van der Waals surface area (Å²) in [5, 5.41) is 3.24. The number of nitrogens with zero attached hydrogens (tertiary/aromatic N) is 1. The van der Waals surface area contributed by atoms with Crippen LogP contribution in [0.5, 0.6) is 0 Å². The Morgan fingerprint density at radius 3 is 2.75 bits per heavy atom. The third-order valence-electron chi connectivity index (χ3n) is 2.76. The molecule has 1 heterocycles. The molecule has 0 aliphatic rings. The van der Waals surface area contributed by atoms with Gasteiger partial charge in [0.1, 0.15) is 5.82 Å². The van der Waals surface area contributed by atoms with Gasteiger partial charge in [0, 0.05) is 18.4 Å². The molecule has 0 bridgehead atoms. The number of nitrogen functional groups attached to an aromatic ring is 1. The number of ether oxygens (including phenoxy) is 1. The number of aryl methyl sites for hydroxylation is 1. The van der Waals surface area contributed by atoms with E-state index in [1.807, 2.05) is 33.9 Å². The third kappa shape index (κ3) is 2.71. The Morgan fingerprint density at radius 2 is 2.25 bits per heavy atom. The van der Waals surface area contributed by atoms with Gasteiger partial charge < -0.3 is 15.8 Å². The van der Waals surface area contributed by atoms with E-state index in [2.05, 4.69) is 10.3 Å². The van der Waals surface area contributed by atoms with E-state index in [0.29, 0.717) is 12.4 Å². The molecule has 0 amide bonds. The van der Waals surface area contributed by atoms with Crippen molar-refractivity contribution in [1.82, 2.24) is 10.3 Å². The average molecular weight is 223 g/mol. The van der Waals surface area contributed by atoms with Gasteiger partial charge in [-0.15, -0.1) is 0 Å². The van der Waals surface area contributed by atoms with Crippen molar-refractivity contribution in [2.24, 2.45) is 0 Å². The first-order chi connectivity index (χ1) is 7.61. The molecule has 0 fully saturated rings. The number of likely N-dealkylation sites (N-methyl/N-ethyl adjacent to an activating group) is 1. The minimum absolute atomic E-state index is 0.0696. The van der Waals surface area contributed by atoms with Gasteiger partial charge in [-0.25, -0.2) is 4.98 Å². The summed E-state index contributed by atoms with van der Waals surface area (Å²) < 4.78 is 5.61. The van der Waals surface area contributed by atoms with Crippen LogP contribution in [-0.2, 0) is 4.74 Å². The van der Waals surface area contributed by atoms with Crippen LogP contribution in [0.4, 0.5) is 5.82 Å². The maximum atomic E-state index is 5.93. The van der Waals surface area contributed by atoms with Crippen molar-refractivity contribution < 1.29 is 4.74 Å². The summed E-state index contributed by atoms with van der Waals surface area (Å²) in [6, 6.07) is 2.04. The zero-order chi connectivity index (χ0) is 12.1. The fraction of sp³-hybridized carbons (Fsp3) is 0.583. The highest BCUT2D eigenvalue weighted by molar-refractivity contribution is 5.46. The molecule has 0 aromatic carbocycles. The molecule has 4 heteroatoms. The lowest BCUT2D eigenvalue weighted by molar-refractivity contribution is 0.0492. The van der Waals surface area contributed by atoms with Gasteiger partial charge in [0.25, 0.3) is 0 Å². The average Bonchev–Trinajstić information content (AvgIpc) is 2.24. The summed E-state index contributed by atoms with van der Waals surface area (Å²) in [6.45, 7) is 6.76. The smallest absolute Gasteiger partial charge is 0.128 e. The Balaban J connectivity index is 3.03. The summed E-state index contributed by atoms with van der Waals surface area (Å²) in [5.74, 6) is 0.575. The molecule has 0 saturated carbocycles. The molecule has 0 aliphatic carbocycles. The first kappa shape index (κ1) is 12.9. The topological polar surface area (TPSA) is 60.2 Å². The highest BCUT2D eigenvalue weighted by Gasteiger charge is 2.22. The van der Waals surface area contributed by atoms with Crippen LogP contribution < -0.4 is 11.1 Å². The number of aromatic nitrogens is 1. The van der Waals surface area contributed by atoms with Crippen LogP contribution in [0, 0.1) is 6.92 Å². The minimum atomic E-state index is 0.0696. The molecule has 0 spiro atoms. The zero-order valence-corrected chi connectivity index (χ0v) is 10.4. The molecule has 2 unspecified atom stereocenters. The number of nitrogens with two attached hydrogens (primary N) is 1. The molecule has 1 aromatic rings. The van der Waals surface area contributed by atoms with E-state index in [0.717, 1.165) is 11.1 Å². The van der Waals surface area contributed by atoms with Gasteiger partial charge in [0.05, 0.1) is 12.1 Å². The summed E-state index contributed by atoms with van der Waals surface area (Å²) in [5.41, 5.74) is 8.10. The lowest BCUT2D eigenvalue weighted by Crippen LogP contribution is -2.31. The lowest BCUT2D eigenvalue weighted by atomic mass is 9.98. The first-order valence-electron chi connectivity index (χ1n) is 5.61. The van der Waals surface area contributed by atoms with Gasteiger partial charge in [-0.2, -0.15) is 0 Å². The minimum Gasteiger partial charge on any atom is -0.383 e. The second-order valence-corrected chi connectivity index (χ2v) is 3.85. The Bertz CT molecular complexity index is 321. The van der Waals surface area contributed by atoms with Crippen LogP contribution in [0.2, 0.25) is 0 Å². The first-order valence-corrected chi connectivity index (χ1v) is 5.61. The van der Waals surface area contributed by atoms with Gasteiger partial charge in [-0.05, 0) is 39.4 Å². The Kier molecular flexibility index (Phi) is 4.71. The van der Waals surface area contributed by atoms with Crippen LogP contribution in [0.15, 0.2) is 12.3 Å². The highest BCUT2D eigenvalue weighted by Crippen LogP contribution is 2.26. The number of anilines is 1. The van der Waals surface area contributed by atoms with Crippen LogP contribution >= 0.6 is 0 Å². The largest absolute Gasteiger partial charge is 0.383 e. The molecule has 0 aliphatic heterocycles. The molecule has 0 saturated heterocycles. The van der Waals surface area contributed by atoms with E-state index < -0.39 is 0 Å². The summed E-state index contributed by atoms with van der Waals surface area (Å²) in [4.78, 5) is 4.13. The monoisotopic (exact) mass is 223 g/mol. The van der Waals surface area contributed by atoms with Crippen LogP contribution in [0.1, 0.15) is 31.0 Å². The molecule has 16 heavy (non-hydrogen) atoms. The Labute approximate surface area is 97.2 Å². The number of hydrogen-bond donors (Lipinski definition) is 2. The lowest BCUT2D eigenvalue weighted by Gasteiger charge is -2.26. The molecule has 3 N–H and O–H groups in total. The van der Waals surface area contributed by atoms with Crippen LogP contribution in [-0.4, -0.2) is 24.7 Å². The summed E-state index contributed by atoms with van der Waals surface area (Å²) in [7, 11) is 1.91. The Morgan fingerprint density at radius 1 is 1.56 bits per heavy atom. The van der Waals surface area contributed by atoms with Crippen LogP contribution in [0.25, 0.3) is 0 Å². The quantitative estimate of drug-likeness (QED) is 0.797. The van der Waals surface area contributed by atoms with Crippen molar-refractivity contribution in [3.63, 3.8) is 0 Å². The zero-order valence-electron chi connectivity index (χ0n) is 10.4. The molecule has 2 atom stereocenters. The van der Waals surface area contributed by atoms with E-state index in [1.165, 1.54) is 0 Å². The van der Waals surface area contributed by atoms with Crippen molar-refractivity contribution in [3.8, 4) is 0 Å². The fourth-order valence-electron chi connectivity index (χ4n) is 1.97. The second kappa shape index (κ2) is 5.82. The predicted molar refractivity (Wildman–Crippen MR) is 66.3 cm³/mol. The van der Waals surface area contributed by atoms with E-state index in [-0.39, 0.29) is 12.1 Å². The number of hydrogen-bond acceptors (Lipinski definition) is 4. The number of rotatable bonds is 5. The Hall–Kier alpha value is -1.13. The third-order valence-corrected chi connectivity index (χ3v) is 2.76. The van der Waals surface area contributed by atoms with Gasteiger partial charge in [0.15, 0.2) is 0 Å². The van der Waals surface area contributed by atoms with Crippen molar-refractivity contribution in [2.45, 2.75) is 32.9 Å². The maximum Gasteiger partial charge on any atom is 0.128 e. The predicted octanol–water partition coefficient (Wildman–Crippen LogP) is 1.66. The van der Waals surface area contributed by atoms with Gasteiger partial charge >= 0.3 is 0 Å². The van der Waals surface area contributed by atoms with Crippen molar-refractivity contribution in [2.75, 3.05) is 19.4 Å². The summed E-state index contributed by atoms with van der Waals surface area (Å²) >= 11 is 0. The molecule has 1 rings (SSSR count). The van der Waals surface area contributed by atoms with Crippen molar-refractivity contribution >= 4 is 5.82 Å². The van der Waals surface area contributed by atoms with E-state index in [4.69, 9.17) is 10.5 Å². The van der Waals surface area contributed by atoms with Gasteiger partial charge in [-0.3, -0.25) is 0 Å². The maximum absolute atomic E-state index is 5.93.